The van der Waals surface area contributed by atoms with Gasteiger partial charge in [-0.25, -0.2) is 0 Å². The normalized spacial score (nSPS) is 23.7. The van der Waals surface area contributed by atoms with Gasteiger partial charge in [0.15, 0.2) is 0 Å². The van der Waals surface area contributed by atoms with Crippen molar-refractivity contribution in [3.63, 3.8) is 0 Å². The van der Waals surface area contributed by atoms with Crippen LogP contribution in [0, 0.1) is 12.8 Å². The molecule has 1 aromatic rings. The fourth-order valence-electron chi connectivity index (χ4n) is 2.68. The van der Waals surface area contributed by atoms with Gasteiger partial charge < -0.3 is 11.1 Å². The molecule has 0 aromatic heterocycles. The average Bonchev–Trinajstić information content (AvgIpc) is 2.34. The number of amides is 1. The summed E-state index contributed by atoms with van der Waals surface area (Å²) in [5.74, 6) is 0.495. The fraction of sp³-hybridized carbons (Fsp3) is 0.533. The fourth-order valence-corrected chi connectivity index (χ4v) is 2.68. The van der Waals surface area contributed by atoms with Gasteiger partial charge in [0.05, 0.1) is 0 Å². The van der Waals surface area contributed by atoms with E-state index in [-0.39, 0.29) is 5.91 Å². The summed E-state index contributed by atoms with van der Waals surface area (Å²) in [5.41, 5.74) is 7.99. The average molecular weight is 246 g/mol. The topological polar surface area (TPSA) is 55.1 Å². The third-order valence-corrected chi connectivity index (χ3v) is 3.97. The van der Waals surface area contributed by atoms with Crippen molar-refractivity contribution < 1.29 is 4.79 Å². The highest BCUT2D eigenvalue weighted by atomic mass is 16.1. The maximum absolute atomic E-state index is 11.3. The van der Waals surface area contributed by atoms with Crippen LogP contribution in [0.25, 0.3) is 0 Å². The largest absolute Gasteiger partial charge is 0.382 e. The predicted octanol–water partition coefficient (Wildman–Crippen LogP) is 3.08. The Bertz CT molecular complexity index is 434. The van der Waals surface area contributed by atoms with Gasteiger partial charge in [-0.3, -0.25) is 4.79 Å². The van der Waals surface area contributed by atoms with Gasteiger partial charge in [0.25, 0.3) is 0 Å². The van der Waals surface area contributed by atoms with Crippen LogP contribution < -0.4 is 11.1 Å². The first-order valence-electron chi connectivity index (χ1n) is 6.74. The number of anilines is 1. The summed E-state index contributed by atoms with van der Waals surface area (Å²) in [7, 11) is 0. The van der Waals surface area contributed by atoms with E-state index in [0.717, 1.165) is 17.2 Å². The molecule has 1 aromatic carbocycles. The zero-order valence-corrected chi connectivity index (χ0v) is 11.2. The van der Waals surface area contributed by atoms with E-state index in [0.29, 0.717) is 11.6 Å². The summed E-state index contributed by atoms with van der Waals surface area (Å²) in [6, 6.07) is 6.23. The minimum absolute atomic E-state index is 0.353. The molecular formula is C15H22N2O. The Labute approximate surface area is 109 Å². The minimum atomic E-state index is -0.353. The summed E-state index contributed by atoms with van der Waals surface area (Å²) >= 11 is 0. The summed E-state index contributed by atoms with van der Waals surface area (Å²) < 4.78 is 0. The van der Waals surface area contributed by atoms with Crippen LogP contribution in [0.15, 0.2) is 18.2 Å². The first kappa shape index (κ1) is 12.9. The van der Waals surface area contributed by atoms with Crippen molar-refractivity contribution in [3.05, 3.63) is 29.3 Å². The highest BCUT2D eigenvalue weighted by Gasteiger charge is 2.19. The molecule has 1 saturated carbocycles. The molecule has 1 aliphatic rings. The molecule has 3 N–H and O–H groups in total. The molecule has 3 heteroatoms. The Morgan fingerprint density at radius 1 is 1.28 bits per heavy atom. The Hall–Kier alpha value is -1.51. The summed E-state index contributed by atoms with van der Waals surface area (Å²) in [6.45, 7) is 4.27. The van der Waals surface area contributed by atoms with Crippen molar-refractivity contribution in [1.82, 2.24) is 0 Å². The number of carbonyl (C=O) groups is 1. The van der Waals surface area contributed by atoms with Crippen molar-refractivity contribution in [2.24, 2.45) is 11.7 Å². The molecule has 98 valence electrons. The summed E-state index contributed by atoms with van der Waals surface area (Å²) in [4.78, 5) is 11.3. The lowest BCUT2D eigenvalue weighted by molar-refractivity contribution is 0.1000. The van der Waals surface area contributed by atoms with Crippen LogP contribution in [0.1, 0.15) is 48.5 Å². The van der Waals surface area contributed by atoms with E-state index in [1.807, 2.05) is 19.1 Å². The van der Waals surface area contributed by atoms with Crippen molar-refractivity contribution >= 4 is 11.6 Å². The first-order valence-corrected chi connectivity index (χ1v) is 6.74. The molecule has 0 unspecified atom stereocenters. The van der Waals surface area contributed by atoms with Crippen LogP contribution in [0.4, 0.5) is 5.69 Å². The third-order valence-electron chi connectivity index (χ3n) is 3.97. The molecule has 0 heterocycles. The van der Waals surface area contributed by atoms with Gasteiger partial charge in [0.2, 0.25) is 5.91 Å². The smallest absolute Gasteiger partial charge is 0.249 e. The van der Waals surface area contributed by atoms with Crippen molar-refractivity contribution in [2.75, 3.05) is 5.32 Å². The van der Waals surface area contributed by atoms with Gasteiger partial charge in [0, 0.05) is 17.3 Å². The lowest BCUT2D eigenvalue weighted by Crippen LogP contribution is -2.26. The number of carbonyl (C=O) groups excluding carboxylic acids is 1. The van der Waals surface area contributed by atoms with Gasteiger partial charge >= 0.3 is 0 Å². The van der Waals surface area contributed by atoms with Gasteiger partial charge in [-0.1, -0.05) is 13.0 Å². The van der Waals surface area contributed by atoms with Gasteiger partial charge in [0.1, 0.15) is 0 Å². The van der Waals surface area contributed by atoms with Gasteiger partial charge in [-0.2, -0.15) is 0 Å². The number of nitrogens with two attached hydrogens (primary N) is 1. The molecule has 1 amide bonds. The van der Waals surface area contributed by atoms with Crippen LogP contribution in [-0.2, 0) is 0 Å². The molecule has 1 aliphatic carbocycles. The number of nitrogens with one attached hydrogen (secondary N) is 1. The number of hydrogen-bond acceptors (Lipinski definition) is 2. The second kappa shape index (κ2) is 5.42. The standard InChI is InChI=1S/C15H22N2O/c1-10-6-8-12(9-7-10)17-14-5-3-4-13(11(14)2)15(16)18/h3-5,10,12,17H,6-9H2,1-2H3,(H2,16,18). The zero-order chi connectivity index (χ0) is 13.1. The van der Waals surface area contributed by atoms with Crippen molar-refractivity contribution in [1.29, 1.82) is 0 Å². The molecule has 3 nitrogen and oxygen atoms in total. The summed E-state index contributed by atoms with van der Waals surface area (Å²) in [6.07, 6.45) is 4.99. The minimum Gasteiger partial charge on any atom is -0.382 e. The highest BCUT2D eigenvalue weighted by molar-refractivity contribution is 5.95. The van der Waals surface area contributed by atoms with E-state index >= 15 is 0 Å². The van der Waals surface area contributed by atoms with Crippen LogP contribution in [0.3, 0.4) is 0 Å². The number of primary amides is 1. The van der Waals surface area contributed by atoms with Crippen LogP contribution in [0.5, 0.6) is 0 Å². The molecule has 2 rings (SSSR count). The zero-order valence-electron chi connectivity index (χ0n) is 11.2. The predicted molar refractivity (Wildman–Crippen MR) is 74.7 cm³/mol. The molecule has 0 atom stereocenters. The molecule has 1 fully saturated rings. The second-order valence-corrected chi connectivity index (χ2v) is 5.44. The molecule has 0 aliphatic heterocycles. The number of hydrogen-bond donors (Lipinski definition) is 2. The molecule has 0 saturated heterocycles. The Kier molecular flexibility index (Phi) is 3.90. The SMILES string of the molecule is Cc1c(NC2CCC(C)CC2)cccc1C(N)=O. The monoisotopic (exact) mass is 246 g/mol. The molecule has 0 bridgehead atoms. The van der Waals surface area contributed by atoms with Crippen LogP contribution >= 0.6 is 0 Å². The lowest BCUT2D eigenvalue weighted by atomic mass is 9.87. The van der Waals surface area contributed by atoms with E-state index in [1.165, 1.54) is 25.7 Å². The Morgan fingerprint density at radius 3 is 2.56 bits per heavy atom. The Morgan fingerprint density at radius 2 is 1.94 bits per heavy atom. The van der Waals surface area contributed by atoms with Crippen molar-refractivity contribution in [3.8, 4) is 0 Å². The molecule has 0 spiro atoms. The number of rotatable bonds is 3. The quantitative estimate of drug-likeness (QED) is 0.861. The lowest BCUT2D eigenvalue weighted by Gasteiger charge is -2.28. The van der Waals surface area contributed by atoms with E-state index in [1.54, 1.807) is 6.07 Å². The molecule has 18 heavy (non-hydrogen) atoms. The Balaban J connectivity index is 2.10. The van der Waals surface area contributed by atoms with Gasteiger partial charge in [-0.15, -0.1) is 0 Å². The van der Waals surface area contributed by atoms with Gasteiger partial charge in [-0.05, 0) is 56.2 Å². The maximum atomic E-state index is 11.3. The second-order valence-electron chi connectivity index (χ2n) is 5.44. The van der Waals surface area contributed by atoms with Crippen LogP contribution in [0.2, 0.25) is 0 Å². The van der Waals surface area contributed by atoms with Crippen molar-refractivity contribution in [2.45, 2.75) is 45.6 Å². The first-order chi connectivity index (χ1) is 8.58. The van der Waals surface area contributed by atoms with E-state index in [2.05, 4.69) is 12.2 Å². The van der Waals surface area contributed by atoms with E-state index < -0.39 is 0 Å². The highest BCUT2D eigenvalue weighted by Crippen LogP contribution is 2.27. The van der Waals surface area contributed by atoms with E-state index in [4.69, 9.17) is 5.73 Å². The number of benzene rings is 1. The molecule has 0 radical (unpaired) electrons. The summed E-state index contributed by atoms with van der Waals surface area (Å²) in [5, 5.41) is 3.56. The molecular weight excluding hydrogens is 224 g/mol. The third kappa shape index (κ3) is 2.84. The van der Waals surface area contributed by atoms with Crippen LogP contribution in [-0.4, -0.2) is 11.9 Å². The van der Waals surface area contributed by atoms with E-state index in [9.17, 15) is 4.79 Å². The maximum Gasteiger partial charge on any atom is 0.249 e.